The second-order valence-electron chi connectivity index (χ2n) is 9.02. The molecule has 7 nitrogen and oxygen atoms in total. The maximum Gasteiger partial charge on any atom is 0.260 e. The van der Waals surface area contributed by atoms with Gasteiger partial charge in [-0.25, -0.2) is 4.68 Å². The Hall–Kier alpha value is -3.32. The number of anilines is 1. The van der Waals surface area contributed by atoms with Crippen LogP contribution >= 0.6 is 11.6 Å². The van der Waals surface area contributed by atoms with Gasteiger partial charge < -0.3 is 15.0 Å². The van der Waals surface area contributed by atoms with Crippen molar-refractivity contribution in [2.75, 3.05) is 25.0 Å². The highest BCUT2D eigenvalue weighted by Gasteiger charge is 2.23. The first kappa shape index (κ1) is 25.3. The van der Waals surface area contributed by atoms with E-state index in [4.69, 9.17) is 21.4 Å². The number of ether oxygens (including phenoxy) is 1. The number of amides is 2. The average molecular weight is 483 g/mol. The third-order valence-corrected chi connectivity index (χ3v) is 5.35. The molecule has 1 N–H and O–H groups in total. The summed E-state index contributed by atoms with van der Waals surface area (Å²) in [5, 5.41) is 8.24. The highest BCUT2D eigenvalue weighted by molar-refractivity contribution is 6.30. The summed E-state index contributed by atoms with van der Waals surface area (Å²) >= 11 is 5.89. The standard InChI is InChI=1S/C26H31ClN4O3/c1-5-15-30(25(33)18-34-21-13-11-19(27)12-14-21)17-24(32)28-23-16-22(26(2,3)4)29-31(23)20-9-7-6-8-10-20/h6-14,16H,5,15,17-18H2,1-4H3,(H,28,32). The molecule has 1 aromatic heterocycles. The minimum absolute atomic E-state index is 0.0819. The molecule has 0 atom stereocenters. The molecule has 3 rings (SSSR count). The van der Waals surface area contributed by atoms with E-state index in [0.29, 0.717) is 23.1 Å². The summed E-state index contributed by atoms with van der Waals surface area (Å²) in [7, 11) is 0. The number of aromatic nitrogens is 2. The molecule has 0 aliphatic carbocycles. The monoisotopic (exact) mass is 482 g/mol. The van der Waals surface area contributed by atoms with Gasteiger partial charge in [-0.3, -0.25) is 9.59 Å². The molecule has 0 unspecified atom stereocenters. The SMILES string of the molecule is CCCN(CC(=O)Nc1cc(C(C)(C)C)nn1-c1ccccc1)C(=O)COc1ccc(Cl)cc1. The fourth-order valence-electron chi connectivity index (χ4n) is 3.29. The first-order valence-corrected chi connectivity index (χ1v) is 11.7. The minimum atomic E-state index is -0.300. The van der Waals surface area contributed by atoms with Crippen molar-refractivity contribution < 1.29 is 14.3 Å². The summed E-state index contributed by atoms with van der Waals surface area (Å²) in [6.07, 6.45) is 0.718. The molecule has 34 heavy (non-hydrogen) atoms. The van der Waals surface area contributed by atoms with Gasteiger partial charge in [-0.15, -0.1) is 0 Å². The van der Waals surface area contributed by atoms with Gasteiger partial charge in [0.2, 0.25) is 5.91 Å². The van der Waals surface area contributed by atoms with E-state index >= 15 is 0 Å². The molecule has 0 aliphatic heterocycles. The van der Waals surface area contributed by atoms with Crippen LogP contribution in [0.2, 0.25) is 5.02 Å². The summed E-state index contributed by atoms with van der Waals surface area (Å²) in [5.74, 6) is 0.535. The zero-order chi connectivity index (χ0) is 24.7. The molecule has 0 spiro atoms. The fourth-order valence-corrected chi connectivity index (χ4v) is 3.41. The molecule has 2 amide bonds. The number of halogens is 1. The molecule has 0 bridgehead atoms. The number of benzene rings is 2. The Bertz CT molecular complexity index is 1110. The molecule has 0 saturated carbocycles. The largest absolute Gasteiger partial charge is 0.484 e. The van der Waals surface area contributed by atoms with Gasteiger partial charge in [0.15, 0.2) is 6.61 Å². The molecule has 0 fully saturated rings. The van der Waals surface area contributed by atoms with Gasteiger partial charge in [0.1, 0.15) is 18.1 Å². The zero-order valence-electron chi connectivity index (χ0n) is 20.0. The molecule has 0 saturated heterocycles. The second-order valence-corrected chi connectivity index (χ2v) is 9.45. The van der Waals surface area contributed by atoms with Gasteiger partial charge in [-0.05, 0) is 42.8 Å². The first-order chi connectivity index (χ1) is 16.2. The Morgan fingerprint density at radius 2 is 1.76 bits per heavy atom. The van der Waals surface area contributed by atoms with E-state index in [0.717, 1.165) is 17.8 Å². The van der Waals surface area contributed by atoms with Crippen molar-refractivity contribution in [3.05, 3.63) is 71.4 Å². The summed E-state index contributed by atoms with van der Waals surface area (Å²) < 4.78 is 7.29. The van der Waals surface area contributed by atoms with Crippen LogP contribution in [0.1, 0.15) is 39.8 Å². The van der Waals surface area contributed by atoms with E-state index in [2.05, 4.69) is 26.1 Å². The summed E-state index contributed by atoms with van der Waals surface area (Å²) in [5.41, 5.74) is 1.50. The predicted octanol–water partition coefficient (Wildman–Crippen LogP) is 5.08. The van der Waals surface area contributed by atoms with Crippen LogP contribution in [0, 0.1) is 0 Å². The van der Waals surface area contributed by atoms with Crippen molar-refractivity contribution in [3.63, 3.8) is 0 Å². The molecule has 8 heteroatoms. The van der Waals surface area contributed by atoms with Crippen LogP contribution in [0.5, 0.6) is 5.75 Å². The lowest BCUT2D eigenvalue weighted by molar-refractivity contribution is -0.136. The maximum absolute atomic E-state index is 13.0. The zero-order valence-corrected chi connectivity index (χ0v) is 20.8. The Morgan fingerprint density at radius 1 is 1.09 bits per heavy atom. The van der Waals surface area contributed by atoms with Crippen molar-refractivity contribution in [2.24, 2.45) is 0 Å². The van der Waals surface area contributed by atoms with Crippen molar-refractivity contribution in [1.29, 1.82) is 0 Å². The molecule has 3 aromatic rings. The van der Waals surface area contributed by atoms with Crippen LogP contribution in [0.3, 0.4) is 0 Å². The Morgan fingerprint density at radius 3 is 2.38 bits per heavy atom. The van der Waals surface area contributed by atoms with E-state index in [1.165, 1.54) is 4.90 Å². The lowest BCUT2D eigenvalue weighted by atomic mass is 9.92. The smallest absolute Gasteiger partial charge is 0.260 e. The average Bonchev–Trinajstić information content (AvgIpc) is 3.23. The second kappa shape index (κ2) is 11.2. The number of carbonyl (C=O) groups is 2. The van der Waals surface area contributed by atoms with E-state index < -0.39 is 0 Å². The van der Waals surface area contributed by atoms with Crippen molar-refractivity contribution in [2.45, 2.75) is 39.5 Å². The van der Waals surface area contributed by atoms with Crippen molar-refractivity contribution >= 4 is 29.2 Å². The summed E-state index contributed by atoms with van der Waals surface area (Å²) in [6, 6.07) is 18.3. The Balaban J connectivity index is 1.71. The number of para-hydroxylation sites is 1. The van der Waals surface area contributed by atoms with Crippen LogP contribution in [0.15, 0.2) is 60.7 Å². The van der Waals surface area contributed by atoms with E-state index in [1.807, 2.05) is 43.3 Å². The number of rotatable bonds is 9. The molecule has 2 aromatic carbocycles. The lowest BCUT2D eigenvalue weighted by Gasteiger charge is -2.22. The van der Waals surface area contributed by atoms with Crippen LogP contribution in [0.4, 0.5) is 5.82 Å². The maximum atomic E-state index is 13.0. The topological polar surface area (TPSA) is 76.5 Å². The minimum Gasteiger partial charge on any atom is -0.484 e. The van der Waals surface area contributed by atoms with Crippen LogP contribution in [-0.2, 0) is 15.0 Å². The Kier molecular flexibility index (Phi) is 8.34. The molecular formula is C26H31ClN4O3. The van der Waals surface area contributed by atoms with Gasteiger partial charge in [0.05, 0.1) is 11.4 Å². The number of hydrogen-bond acceptors (Lipinski definition) is 4. The summed E-state index contributed by atoms with van der Waals surface area (Å²) in [6.45, 7) is 8.36. The number of nitrogens with one attached hydrogen (secondary N) is 1. The highest BCUT2D eigenvalue weighted by atomic mass is 35.5. The van der Waals surface area contributed by atoms with Crippen molar-refractivity contribution in [1.82, 2.24) is 14.7 Å². The molecule has 180 valence electrons. The number of hydrogen-bond donors (Lipinski definition) is 1. The van der Waals surface area contributed by atoms with Gasteiger partial charge >= 0.3 is 0 Å². The van der Waals surface area contributed by atoms with Crippen molar-refractivity contribution in [3.8, 4) is 11.4 Å². The third kappa shape index (κ3) is 6.84. The fraction of sp³-hybridized carbons (Fsp3) is 0.346. The number of carbonyl (C=O) groups excluding carboxylic acids is 2. The van der Waals surface area contributed by atoms with E-state index in [1.54, 1.807) is 28.9 Å². The van der Waals surface area contributed by atoms with E-state index in [-0.39, 0.29) is 30.4 Å². The molecule has 1 heterocycles. The lowest BCUT2D eigenvalue weighted by Crippen LogP contribution is -2.41. The highest BCUT2D eigenvalue weighted by Crippen LogP contribution is 2.26. The quantitative estimate of drug-likeness (QED) is 0.461. The Labute approximate surface area is 205 Å². The van der Waals surface area contributed by atoms with Gasteiger partial charge in [0.25, 0.3) is 5.91 Å². The number of nitrogens with zero attached hydrogens (tertiary/aromatic N) is 3. The predicted molar refractivity (Wildman–Crippen MR) is 135 cm³/mol. The molecular weight excluding hydrogens is 452 g/mol. The van der Waals surface area contributed by atoms with Crippen LogP contribution in [0.25, 0.3) is 5.69 Å². The van der Waals surface area contributed by atoms with Crippen LogP contribution < -0.4 is 10.1 Å². The normalized spacial score (nSPS) is 11.2. The van der Waals surface area contributed by atoms with E-state index in [9.17, 15) is 9.59 Å². The molecule has 0 radical (unpaired) electrons. The molecule has 0 aliphatic rings. The van der Waals surface area contributed by atoms with Gasteiger partial charge in [0, 0.05) is 23.0 Å². The third-order valence-electron chi connectivity index (χ3n) is 5.10. The summed E-state index contributed by atoms with van der Waals surface area (Å²) in [4.78, 5) is 27.2. The van der Waals surface area contributed by atoms with Crippen LogP contribution in [-0.4, -0.2) is 46.2 Å². The van der Waals surface area contributed by atoms with Gasteiger partial charge in [-0.1, -0.05) is 57.5 Å². The van der Waals surface area contributed by atoms with Gasteiger partial charge in [-0.2, -0.15) is 5.10 Å². The first-order valence-electron chi connectivity index (χ1n) is 11.3.